The molecule has 1 N–H and O–H groups in total. The van der Waals surface area contributed by atoms with E-state index in [-0.39, 0.29) is 10.5 Å². The van der Waals surface area contributed by atoms with Crippen molar-refractivity contribution in [3.63, 3.8) is 0 Å². The number of nitro groups is 1. The van der Waals surface area contributed by atoms with Crippen molar-refractivity contribution < 1.29 is 9.34 Å². The summed E-state index contributed by atoms with van der Waals surface area (Å²) in [6, 6.07) is 9.56. The van der Waals surface area contributed by atoms with Gasteiger partial charge in [0.05, 0.1) is 17.4 Å². The number of benzene rings is 1. The lowest BCUT2D eigenvalue weighted by Crippen LogP contribution is -1.95. The summed E-state index contributed by atoms with van der Waals surface area (Å²) in [6.07, 6.45) is 2.98. The molecule has 0 bridgehead atoms. The van der Waals surface area contributed by atoms with Crippen molar-refractivity contribution in [3.05, 3.63) is 63.1 Å². The van der Waals surface area contributed by atoms with Gasteiger partial charge in [-0.2, -0.15) is 9.78 Å². The van der Waals surface area contributed by atoms with Gasteiger partial charge in [0, 0.05) is 17.7 Å². The van der Waals surface area contributed by atoms with Crippen LogP contribution in [0.5, 0.6) is 0 Å². The van der Waals surface area contributed by atoms with Gasteiger partial charge in [0.15, 0.2) is 5.76 Å². The van der Waals surface area contributed by atoms with Crippen LogP contribution < -0.4 is 0 Å². The third-order valence-corrected chi connectivity index (χ3v) is 3.06. The Labute approximate surface area is 128 Å². The van der Waals surface area contributed by atoms with Gasteiger partial charge < -0.3 is 4.42 Å². The second kappa shape index (κ2) is 5.74. The maximum absolute atomic E-state index is 10.8. The van der Waals surface area contributed by atoms with Crippen molar-refractivity contribution in [3.8, 4) is 11.6 Å². The van der Waals surface area contributed by atoms with Crippen LogP contribution >= 0.6 is 12.2 Å². The fraction of sp³-hybridized carbons (Fsp3) is 0. The number of rotatable bonds is 4. The molecule has 1 aromatic carbocycles. The maximum atomic E-state index is 10.8. The lowest BCUT2D eigenvalue weighted by molar-refractivity contribution is -0.384. The Hall–Kier alpha value is -3.07. The Balaban J connectivity index is 1.97. The second-order valence-electron chi connectivity index (χ2n) is 4.24. The average Bonchev–Trinajstić information content (AvgIpc) is 3.15. The Morgan fingerprint density at radius 3 is 3.00 bits per heavy atom. The van der Waals surface area contributed by atoms with Crippen LogP contribution in [0.1, 0.15) is 5.56 Å². The zero-order valence-corrected chi connectivity index (χ0v) is 11.9. The molecule has 0 aliphatic rings. The third-order valence-electron chi connectivity index (χ3n) is 2.80. The summed E-state index contributed by atoms with van der Waals surface area (Å²) >= 11 is 5.11. The smallest absolute Gasteiger partial charge is 0.270 e. The number of hydrogen-bond acceptors (Lipinski definition) is 6. The number of non-ortho nitro benzene ring substituents is 1. The van der Waals surface area contributed by atoms with E-state index < -0.39 is 4.92 Å². The van der Waals surface area contributed by atoms with E-state index in [0.29, 0.717) is 17.1 Å². The molecule has 0 amide bonds. The van der Waals surface area contributed by atoms with Gasteiger partial charge in [0.2, 0.25) is 10.6 Å². The first-order valence-corrected chi connectivity index (χ1v) is 6.56. The highest BCUT2D eigenvalue weighted by Crippen LogP contribution is 2.17. The molecule has 22 heavy (non-hydrogen) atoms. The second-order valence-corrected chi connectivity index (χ2v) is 4.62. The standard InChI is InChI=1S/C13H9N5O3S/c19-18(20)10-4-1-3-9(7-10)8-14-17-12(15-16-13(17)22)11-5-2-6-21-11/h1-8H,(H,16,22)/b14-8-. The Bertz CT molecular complexity index is 895. The summed E-state index contributed by atoms with van der Waals surface area (Å²) in [5.41, 5.74) is 0.564. The van der Waals surface area contributed by atoms with Gasteiger partial charge in [-0.25, -0.2) is 5.10 Å². The first-order chi connectivity index (χ1) is 10.6. The number of nitro benzene ring substituents is 1. The predicted molar refractivity (Wildman–Crippen MR) is 81.2 cm³/mol. The van der Waals surface area contributed by atoms with Crippen molar-refractivity contribution in [1.29, 1.82) is 0 Å². The molecular weight excluding hydrogens is 306 g/mol. The molecule has 9 heteroatoms. The van der Waals surface area contributed by atoms with Crippen molar-refractivity contribution >= 4 is 24.1 Å². The SMILES string of the molecule is O=[N+]([O-])c1cccc(/C=N\n2c(-c3ccco3)n[nH]c2=S)c1. The number of aromatic amines is 1. The van der Waals surface area contributed by atoms with Gasteiger partial charge in [-0.05, 0) is 24.4 Å². The zero-order valence-electron chi connectivity index (χ0n) is 11.0. The van der Waals surface area contributed by atoms with Gasteiger partial charge in [0.1, 0.15) is 0 Å². The largest absolute Gasteiger partial charge is 0.461 e. The van der Waals surface area contributed by atoms with Gasteiger partial charge in [-0.3, -0.25) is 10.1 Å². The Kier molecular flexibility index (Phi) is 3.62. The first-order valence-electron chi connectivity index (χ1n) is 6.15. The molecule has 0 unspecified atom stereocenters. The van der Waals surface area contributed by atoms with E-state index in [1.165, 1.54) is 29.3 Å². The molecule has 3 aromatic rings. The van der Waals surface area contributed by atoms with Crippen LogP contribution in [0, 0.1) is 14.9 Å². The minimum atomic E-state index is -0.463. The molecule has 0 aliphatic carbocycles. The minimum absolute atomic E-state index is 0.00833. The van der Waals surface area contributed by atoms with E-state index in [1.807, 2.05) is 0 Å². The fourth-order valence-corrected chi connectivity index (χ4v) is 1.99. The summed E-state index contributed by atoms with van der Waals surface area (Å²) in [4.78, 5) is 10.3. The lowest BCUT2D eigenvalue weighted by Gasteiger charge is -1.97. The molecule has 0 saturated carbocycles. The molecular formula is C13H9N5O3S. The molecule has 0 aliphatic heterocycles. The molecule has 110 valence electrons. The average molecular weight is 315 g/mol. The van der Waals surface area contributed by atoms with Gasteiger partial charge in [0.25, 0.3) is 5.69 Å². The van der Waals surface area contributed by atoms with E-state index >= 15 is 0 Å². The van der Waals surface area contributed by atoms with E-state index in [2.05, 4.69) is 15.3 Å². The summed E-state index contributed by atoms with van der Waals surface area (Å²) in [5, 5.41) is 21.6. The molecule has 0 atom stereocenters. The summed E-state index contributed by atoms with van der Waals surface area (Å²) < 4.78 is 6.93. The Morgan fingerprint density at radius 1 is 1.41 bits per heavy atom. The molecule has 0 spiro atoms. The summed E-state index contributed by atoms with van der Waals surface area (Å²) in [6.45, 7) is 0. The molecule has 3 rings (SSSR count). The normalized spacial score (nSPS) is 11.1. The van der Waals surface area contributed by atoms with Crippen LogP contribution in [0.15, 0.2) is 52.2 Å². The zero-order chi connectivity index (χ0) is 15.5. The van der Waals surface area contributed by atoms with Crippen molar-refractivity contribution in [2.75, 3.05) is 0 Å². The number of hydrogen-bond donors (Lipinski definition) is 1. The van der Waals surface area contributed by atoms with Crippen LogP contribution in [0.3, 0.4) is 0 Å². The number of nitrogens with zero attached hydrogens (tertiary/aromatic N) is 4. The molecule has 2 aromatic heterocycles. The monoisotopic (exact) mass is 315 g/mol. The van der Waals surface area contributed by atoms with E-state index in [1.54, 1.807) is 24.3 Å². The van der Waals surface area contributed by atoms with Crippen molar-refractivity contribution in [1.82, 2.24) is 14.9 Å². The highest BCUT2D eigenvalue weighted by molar-refractivity contribution is 7.71. The fourth-order valence-electron chi connectivity index (χ4n) is 1.81. The van der Waals surface area contributed by atoms with Crippen molar-refractivity contribution in [2.45, 2.75) is 0 Å². The topological polar surface area (TPSA) is 102 Å². The molecule has 0 radical (unpaired) electrons. The minimum Gasteiger partial charge on any atom is -0.461 e. The highest BCUT2D eigenvalue weighted by atomic mass is 32.1. The van der Waals surface area contributed by atoms with E-state index in [0.717, 1.165) is 0 Å². The number of H-pyrrole nitrogens is 1. The van der Waals surface area contributed by atoms with Gasteiger partial charge in [-0.1, -0.05) is 12.1 Å². The highest BCUT2D eigenvalue weighted by Gasteiger charge is 2.10. The first kappa shape index (κ1) is 13.9. The molecule has 0 saturated heterocycles. The maximum Gasteiger partial charge on any atom is 0.270 e. The van der Waals surface area contributed by atoms with Crippen molar-refractivity contribution in [2.24, 2.45) is 5.10 Å². The van der Waals surface area contributed by atoms with Gasteiger partial charge in [-0.15, -0.1) is 5.10 Å². The van der Waals surface area contributed by atoms with Crippen LogP contribution in [-0.4, -0.2) is 26.0 Å². The quantitative estimate of drug-likeness (QED) is 0.345. The number of aromatic nitrogens is 3. The van der Waals surface area contributed by atoms with E-state index in [4.69, 9.17) is 16.6 Å². The van der Waals surface area contributed by atoms with E-state index in [9.17, 15) is 10.1 Å². The Morgan fingerprint density at radius 2 is 2.27 bits per heavy atom. The molecule has 2 heterocycles. The van der Waals surface area contributed by atoms with Crippen LogP contribution in [0.25, 0.3) is 11.6 Å². The predicted octanol–water partition coefficient (Wildman–Crippen LogP) is 2.99. The molecule has 8 nitrogen and oxygen atoms in total. The summed E-state index contributed by atoms with van der Waals surface area (Å²) in [5.74, 6) is 0.917. The number of furan rings is 1. The summed E-state index contributed by atoms with van der Waals surface area (Å²) in [7, 11) is 0. The number of nitrogens with one attached hydrogen (secondary N) is 1. The molecule has 0 fully saturated rings. The van der Waals surface area contributed by atoms with Crippen LogP contribution in [-0.2, 0) is 0 Å². The van der Waals surface area contributed by atoms with Crippen LogP contribution in [0.2, 0.25) is 0 Å². The van der Waals surface area contributed by atoms with Crippen LogP contribution in [0.4, 0.5) is 5.69 Å². The van der Waals surface area contributed by atoms with Gasteiger partial charge >= 0.3 is 0 Å². The lowest BCUT2D eigenvalue weighted by atomic mass is 10.2. The third kappa shape index (κ3) is 2.69.